The van der Waals surface area contributed by atoms with E-state index in [2.05, 4.69) is 158 Å². The maximum absolute atomic E-state index is 13.0. The Balaban J connectivity index is 1.05. The Hall–Kier alpha value is -6.32. The smallest absolute Gasteiger partial charge is 0.251 e. The lowest BCUT2D eigenvalue weighted by Crippen LogP contribution is -2.40. The van der Waals surface area contributed by atoms with Gasteiger partial charge in [-0.1, -0.05) is 137 Å². The molecule has 0 saturated heterocycles. The fourth-order valence-corrected chi connectivity index (χ4v) is 9.85. The average molecular weight is 996 g/mol. The van der Waals surface area contributed by atoms with Crippen LogP contribution in [0.3, 0.4) is 0 Å². The van der Waals surface area contributed by atoms with Gasteiger partial charge < -0.3 is 34.6 Å². The summed E-state index contributed by atoms with van der Waals surface area (Å²) in [5.74, 6) is 6.10. The molecule has 0 fully saturated rings. The van der Waals surface area contributed by atoms with Gasteiger partial charge >= 0.3 is 0 Å². The van der Waals surface area contributed by atoms with Crippen LogP contribution in [0.4, 0.5) is 11.4 Å². The minimum Gasteiger partial charge on any atom is -0.491 e. The third-order valence-electron chi connectivity index (χ3n) is 13.6. The van der Waals surface area contributed by atoms with E-state index in [-0.39, 0.29) is 73.4 Å². The summed E-state index contributed by atoms with van der Waals surface area (Å²) in [6, 6.07) is 20.7. The molecule has 0 aliphatic carbocycles. The number of carbonyl (C=O) groups is 3. The first-order chi connectivity index (χ1) is 35.1. The Bertz CT molecular complexity index is 2530. The van der Waals surface area contributed by atoms with Crippen LogP contribution in [-0.4, -0.2) is 82.5 Å². The summed E-state index contributed by atoms with van der Waals surface area (Å²) in [5, 5.41) is 9.20. The number of carbonyl (C=O) groups excluding carboxylic acids is 3. The lowest BCUT2D eigenvalue weighted by atomic mass is 9.76. The molecule has 2 aliphatic heterocycles. The first-order valence-electron chi connectivity index (χ1n) is 26.5. The normalized spacial score (nSPS) is 17.6. The van der Waals surface area contributed by atoms with Gasteiger partial charge in [0.15, 0.2) is 6.23 Å². The van der Waals surface area contributed by atoms with Crippen LogP contribution in [0.2, 0.25) is 0 Å². The molecule has 3 aromatic carbocycles. The van der Waals surface area contributed by atoms with Gasteiger partial charge in [0.2, 0.25) is 5.91 Å². The third kappa shape index (κ3) is 16.6. The third-order valence-corrected chi connectivity index (χ3v) is 13.6. The van der Waals surface area contributed by atoms with E-state index in [1.807, 2.05) is 13.8 Å². The van der Waals surface area contributed by atoms with Gasteiger partial charge in [0, 0.05) is 76.8 Å². The second-order valence-electron chi connectivity index (χ2n) is 20.3. The molecule has 0 saturated carbocycles. The van der Waals surface area contributed by atoms with Gasteiger partial charge in [0.25, 0.3) is 5.91 Å². The molecule has 3 atom stereocenters. The molecule has 2 aliphatic rings. The summed E-state index contributed by atoms with van der Waals surface area (Å²) in [7, 11) is 0. The molecule has 2 N–H and O–H groups in total. The molecular formula is C60H81N7O6. The van der Waals surface area contributed by atoms with Crippen LogP contribution in [0.1, 0.15) is 139 Å². The van der Waals surface area contributed by atoms with Gasteiger partial charge in [-0.3, -0.25) is 14.4 Å². The number of anilines is 2. The highest BCUT2D eigenvalue weighted by Gasteiger charge is 2.44. The van der Waals surface area contributed by atoms with Gasteiger partial charge in [-0.05, 0) is 106 Å². The van der Waals surface area contributed by atoms with Crippen molar-refractivity contribution in [3.63, 3.8) is 0 Å². The molecule has 73 heavy (non-hydrogen) atoms. The minimum atomic E-state index is -0.953. The predicted molar refractivity (Wildman–Crippen MR) is 295 cm³/mol. The number of unbranched alkanes of at least 4 members (excludes halogenated alkanes) is 2. The largest absolute Gasteiger partial charge is 0.491 e. The number of hydrogen-bond acceptors (Lipinski definition) is 9. The SMILES string of the molecule is CCCN1\C(=C/C=C/C=C/C2N(CCC)c3ccc(C)cc3C2(C)C)C(C)(CCCCCC(=O)CCCNC(=O)c2cccc(OCC(N=[N+]=[N-])OCCOCC(=O)NCC#CC(C)C)c2)c2cc(C)ccc21. The van der Waals surface area contributed by atoms with Gasteiger partial charge in [0.1, 0.15) is 24.7 Å². The van der Waals surface area contributed by atoms with E-state index in [0.717, 1.165) is 51.6 Å². The molecule has 5 rings (SSSR count). The number of allylic oxidation sites excluding steroid dienone is 5. The summed E-state index contributed by atoms with van der Waals surface area (Å²) < 4.78 is 16.7. The van der Waals surface area contributed by atoms with E-state index in [9.17, 15) is 14.4 Å². The van der Waals surface area contributed by atoms with E-state index in [1.54, 1.807) is 24.3 Å². The number of rotatable bonds is 29. The quantitative estimate of drug-likeness (QED) is 0.0174. The van der Waals surface area contributed by atoms with Crippen LogP contribution in [-0.2, 0) is 29.9 Å². The van der Waals surface area contributed by atoms with Gasteiger partial charge in [0.05, 0.1) is 25.8 Å². The lowest BCUT2D eigenvalue weighted by Gasteiger charge is -2.32. The standard InChI is InChI=1S/C60H81N7O6/c1-10-35-66-52-30-28-45(5)39-50(52)59(7,8)54(66)26-15-12-16-27-55-60(9,51-40-46(6)29-31-53(51)67(55)36-11-2)32-17-13-14-23-48(68)24-20-34-63-58(70)47-22-18-25-49(41-47)73-43-57(64-65-61)72-38-37-71-42-56(69)62-33-19-21-44(3)4/h12,15-16,18,22,25-31,39-41,44,54,57H,10-11,13-14,17,20,23-24,32-38,42-43H2,1-9H3,(H,62,69)(H,63,70)/b16-12+,26-15+,55-27-. The van der Waals surface area contributed by atoms with Crippen molar-refractivity contribution in [3.8, 4) is 17.6 Å². The van der Waals surface area contributed by atoms with E-state index in [1.165, 1.54) is 39.3 Å². The Morgan fingerprint density at radius 3 is 2.34 bits per heavy atom. The number of nitrogens with one attached hydrogen (secondary N) is 2. The maximum Gasteiger partial charge on any atom is 0.251 e. The molecule has 13 heteroatoms. The zero-order valence-corrected chi connectivity index (χ0v) is 45.1. The number of amides is 2. The number of benzene rings is 3. The van der Waals surface area contributed by atoms with E-state index in [0.29, 0.717) is 37.1 Å². The van der Waals surface area contributed by atoms with Crippen molar-refractivity contribution >= 4 is 29.0 Å². The lowest BCUT2D eigenvalue weighted by molar-refractivity contribution is -0.126. The van der Waals surface area contributed by atoms with Crippen molar-refractivity contribution in [2.24, 2.45) is 11.0 Å². The summed E-state index contributed by atoms with van der Waals surface area (Å²) >= 11 is 0. The summed E-state index contributed by atoms with van der Waals surface area (Å²) in [6.45, 7) is 22.5. The fraction of sp³-hybridized carbons (Fsp3) is 0.517. The molecule has 0 aromatic heterocycles. The zero-order valence-electron chi connectivity index (χ0n) is 45.1. The fourth-order valence-electron chi connectivity index (χ4n) is 9.85. The van der Waals surface area contributed by atoms with Crippen molar-refractivity contribution in [1.29, 1.82) is 0 Å². The minimum absolute atomic E-state index is 0.00261. The predicted octanol–water partition coefficient (Wildman–Crippen LogP) is 11.9. The van der Waals surface area contributed by atoms with Crippen LogP contribution >= 0.6 is 0 Å². The summed E-state index contributed by atoms with van der Waals surface area (Å²) in [4.78, 5) is 45.8. The molecule has 2 heterocycles. The second kappa shape index (κ2) is 28.8. The monoisotopic (exact) mass is 996 g/mol. The number of Topliss-reactive ketones (excluding diaryl/α,β-unsaturated/α-hetero) is 1. The molecule has 0 radical (unpaired) electrons. The van der Waals surface area contributed by atoms with E-state index >= 15 is 0 Å². The van der Waals surface area contributed by atoms with Crippen LogP contribution in [0, 0.1) is 31.6 Å². The number of nitrogens with zero attached hydrogens (tertiary/aromatic N) is 5. The molecule has 392 valence electrons. The van der Waals surface area contributed by atoms with E-state index < -0.39 is 6.23 Å². The highest BCUT2D eigenvalue weighted by molar-refractivity contribution is 5.94. The number of ether oxygens (including phenoxy) is 3. The molecular weight excluding hydrogens is 915 g/mol. The average Bonchev–Trinajstić information content (AvgIpc) is 3.70. The first kappa shape index (κ1) is 57.6. The molecule has 3 unspecified atom stereocenters. The Kier molecular flexibility index (Phi) is 22.7. The second-order valence-corrected chi connectivity index (χ2v) is 20.3. The van der Waals surface area contributed by atoms with Crippen molar-refractivity contribution < 1.29 is 28.6 Å². The van der Waals surface area contributed by atoms with Crippen LogP contribution < -0.4 is 25.2 Å². The molecule has 13 nitrogen and oxygen atoms in total. The molecule has 0 bridgehead atoms. The highest BCUT2D eigenvalue weighted by Crippen LogP contribution is 2.51. The maximum atomic E-state index is 13.0. The van der Waals surface area contributed by atoms with Crippen molar-refractivity contribution in [2.75, 3.05) is 62.4 Å². The summed E-state index contributed by atoms with van der Waals surface area (Å²) in [6.07, 6.45) is 17.8. The van der Waals surface area contributed by atoms with Crippen molar-refractivity contribution in [1.82, 2.24) is 10.6 Å². The number of hydrogen-bond donors (Lipinski definition) is 2. The van der Waals surface area contributed by atoms with Gasteiger partial charge in [-0.15, -0.1) is 0 Å². The van der Waals surface area contributed by atoms with Crippen molar-refractivity contribution in [2.45, 2.75) is 143 Å². The number of ketones is 1. The van der Waals surface area contributed by atoms with E-state index in [4.69, 9.17) is 19.7 Å². The Morgan fingerprint density at radius 1 is 0.863 bits per heavy atom. The molecule has 3 aromatic rings. The number of azide groups is 1. The van der Waals surface area contributed by atoms with Gasteiger partial charge in [-0.2, -0.15) is 0 Å². The van der Waals surface area contributed by atoms with Crippen LogP contribution in [0.5, 0.6) is 5.75 Å². The van der Waals surface area contributed by atoms with Gasteiger partial charge in [-0.25, -0.2) is 0 Å². The highest BCUT2D eigenvalue weighted by atomic mass is 16.6. The number of fused-ring (bicyclic) bond motifs is 2. The zero-order chi connectivity index (χ0) is 52.8. The van der Waals surface area contributed by atoms with Crippen LogP contribution in [0.15, 0.2) is 102 Å². The Morgan fingerprint density at radius 2 is 1.60 bits per heavy atom. The topological polar surface area (TPSA) is 158 Å². The first-order valence-corrected chi connectivity index (χ1v) is 26.5. The summed E-state index contributed by atoms with van der Waals surface area (Å²) in [5.41, 5.74) is 18.6. The number of aryl methyl sites for hydroxylation is 2. The van der Waals surface area contributed by atoms with Crippen LogP contribution in [0.25, 0.3) is 10.4 Å². The Labute approximate surface area is 435 Å². The van der Waals surface area contributed by atoms with Crippen molar-refractivity contribution in [3.05, 3.63) is 135 Å². The molecule has 2 amide bonds. The molecule has 0 spiro atoms.